The summed E-state index contributed by atoms with van der Waals surface area (Å²) in [5, 5.41) is 0. The van der Waals surface area contributed by atoms with E-state index in [0.717, 1.165) is 35.6 Å². The van der Waals surface area contributed by atoms with Gasteiger partial charge in [-0.25, -0.2) is 0 Å². The molecule has 0 fully saturated rings. The number of carbonyl (C=O) groups excluding carboxylic acids is 1. The van der Waals surface area contributed by atoms with Crippen molar-refractivity contribution < 1.29 is 28.6 Å². The van der Waals surface area contributed by atoms with Crippen LogP contribution in [-0.2, 0) is 17.6 Å². The van der Waals surface area contributed by atoms with Crippen LogP contribution in [0.15, 0.2) is 30.3 Å². The first-order valence-electron chi connectivity index (χ1n) is 9.57. The van der Waals surface area contributed by atoms with Crippen molar-refractivity contribution in [2.75, 3.05) is 34.6 Å². The second kappa shape index (κ2) is 7.72. The Kier molecular flexibility index (Phi) is 5.13. The maximum absolute atomic E-state index is 12.9. The van der Waals surface area contributed by atoms with Gasteiger partial charge in [0.25, 0.3) is 0 Å². The monoisotopic (exact) mass is 384 g/mol. The molecule has 148 valence electrons. The quantitative estimate of drug-likeness (QED) is 0.822. The summed E-state index contributed by atoms with van der Waals surface area (Å²) in [4.78, 5) is 14.2. The number of ether oxygens (including phenoxy) is 4. The molecule has 0 saturated carbocycles. The smallest absolute Gasteiger partial charge is 0.231 e. The van der Waals surface area contributed by atoms with Crippen molar-refractivity contribution in [3.63, 3.8) is 0 Å². The third-order valence-electron chi connectivity index (χ3n) is 5.67. The number of hydrogen-bond donors (Lipinski definition) is 1. The van der Waals surface area contributed by atoms with Crippen molar-refractivity contribution in [3.05, 3.63) is 47.0 Å². The lowest BCUT2D eigenvalue weighted by molar-refractivity contribution is -0.914. The van der Waals surface area contributed by atoms with E-state index in [4.69, 9.17) is 18.9 Å². The molecule has 6 nitrogen and oxygen atoms in total. The zero-order chi connectivity index (χ0) is 19.7. The van der Waals surface area contributed by atoms with Crippen molar-refractivity contribution in [3.8, 4) is 23.0 Å². The molecule has 0 spiro atoms. The zero-order valence-corrected chi connectivity index (χ0v) is 16.5. The van der Waals surface area contributed by atoms with Crippen LogP contribution >= 0.6 is 0 Å². The number of benzene rings is 2. The average molecular weight is 384 g/mol. The van der Waals surface area contributed by atoms with E-state index in [1.165, 1.54) is 10.5 Å². The number of Topliss-reactive ketones (excluding diaryl/α,β-unsaturated/α-hetero) is 1. The van der Waals surface area contributed by atoms with E-state index in [2.05, 4.69) is 7.05 Å². The molecular formula is C22H26NO5+. The fraction of sp³-hybridized carbons (Fsp3) is 0.409. The highest BCUT2D eigenvalue weighted by atomic mass is 16.7. The number of carbonyl (C=O) groups is 1. The van der Waals surface area contributed by atoms with E-state index in [-0.39, 0.29) is 18.6 Å². The van der Waals surface area contributed by atoms with Gasteiger partial charge >= 0.3 is 0 Å². The van der Waals surface area contributed by atoms with Crippen LogP contribution in [0.4, 0.5) is 0 Å². The Morgan fingerprint density at radius 2 is 1.96 bits per heavy atom. The van der Waals surface area contributed by atoms with Crippen LogP contribution in [-0.4, -0.2) is 40.4 Å². The molecule has 2 heterocycles. The largest absolute Gasteiger partial charge is 0.497 e. The number of ketones is 1. The molecule has 2 aliphatic heterocycles. The van der Waals surface area contributed by atoms with Gasteiger partial charge in [-0.2, -0.15) is 0 Å². The lowest BCUT2D eigenvalue weighted by atomic mass is 9.87. The van der Waals surface area contributed by atoms with Gasteiger partial charge in [-0.3, -0.25) is 4.79 Å². The lowest BCUT2D eigenvalue weighted by Gasteiger charge is -2.32. The summed E-state index contributed by atoms with van der Waals surface area (Å²) < 4.78 is 22.1. The molecule has 0 aliphatic carbocycles. The topological polar surface area (TPSA) is 58.4 Å². The number of likely N-dealkylation sites (N-methyl/N-ethyl adjacent to an activating group) is 1. The Bertz CT molecular complexity index is 877. The molecule has 28 heavy (non-hydrogen) atoms. The number of nitrogens with one attached hydrogen (secondary N) is 1. The lowest BCUT2D eigenvalue weighted by Crippen LogP contribution is -3.10. The van der Waals surface area contributed by atoms with Crippen molar-refractivity contribution in [1.82, 2.24) is 0 Å². The highest BCUT2D eigenvalue weighted by molar-refractivity contribution is 5.82. The molecular weight excluding hydrogens is 358 g/mol. The van der Waals surface area contributed by atoms with Crippen LogP contribution in [0.3, 0.4) is 0 Å². The van der Waals surface area contributed by atoms with Crippen molar-refractivity contribution >= 4 is 5.78 Å². The second-order valence-corrected chi connectivity index (χ2v) is 7.38. The van der Waals surface area contributed by atoms with Gasteiger partial charge in [-0.15, -0.1) is 0 Å². The van der Waals surface area contributed by atoms with E-state index in [9.17, 15) is 4.79 Å². The molecule has 0 aromatic heterocycles. The molecule has 2 aromatic rings. The number of rotatable bonds is 6. The molecule has 2 aromatic carbocycles. The van der Waals surface area contributed by atoms with E-state index in [1.54, 1.807) is 14.2 Å². The number of fused-ring (bicyclic) bond motifs is 2. The van der Waals surface area contributed by atoms with Gasteiger partial charge < -0.3 is 23.8 Å². The molecule has 4 rings (SSSR count). The fourth-order valence-corrected chi connectivity index (χ4v) is 4.17. The van der Waals surface area contributed by atoms with Gasteiger partial charge in [-0.1, -0.05) is 12.1 Å². The van der Waals surface area contributed by atoms with Crippen LogP contribution in [0, 0.1) is 0 Å². The SMILES string of the molecule is COc1ccc(CC(=O)C[C@H]2c3c(cc4c(c3OC)OCO4)CC[NH+]2C)cc1. The maximum Gasteiger partial charge on any atom is 0.231 e. The van der Waals surface area contributed by atoms with E-state index in [1.807, 2.05) is 30.3 Å². The summed E-state index contributed by atoms with van der Waals surface area (Å²) >= 11 is 0. The Labute approximate surface area is 165 Å². The van der Waals surface area contributed by atoms with E-state index < -0.39 is 0 Å². The minimum Gasteiger partial charge on any atom is -0.497 e. The first-order chi connectivity index (χ1) is 13.6. The summed E-state index contributed by atoms with van der Waals surface area (Å²) in [6.45, 7) is 1.18. The highest BCUT2D eigenvalue weighted by Gasteiger charge is 2.37. The number of hydrogen-bond acceptors (Lipinski definition) is 5. The predicted octanol–water partition coefficient (Wildman–Crippen LogP) is 1.75. The molecule has 2 aliphatic rings. The molecule has 0 bridgehead atoms. The van der Waals surface area contributed by atoms with Crippen LogP contribution in [0.5, 0.6) is 23.0 Å². The molecule has 1 N–H and O–H groups in total. The summed E-state index contributed by atoms with van der Waals surface area (Å²) in [6, 6.07) is 9.76. The summed E-state index contributed by atoms with van der Waals surface area (Å²) in [5.41, 5.74) is 3.27. The molecule has 0 radical (unpaired) electrons. The summed E-state index contributed by atoms with van der Waals surface area (Å²) in [5.74, 6) is 3.11. The van der Waals surface area contributed by atoms with Crippen molar-refractivity contribution in [1.29, 1.82) is 0 Å². The fourth-order valence-electron chi connectivity index (χ4n) is 4.17. The van der Waals surface area contributed by atoms with Gasteiger partial charge in [0.1, 0.15) is 17.6 Å². The molecule has 0 amide bonds. The van der Waals surface area contributed by atoms with Crippen LogP contribution in [0.25, 0.3) is 0 Å². The Morgan fingerprint density at radius 1 is 1.18 bits per heavy atom. The summed E-state index contributed by atoms with van der Waals surface area (Å²) in [6.07, 6.45) is 1.80. The van der Waals surface area contributed by atoms with Crippen molar-refractivity contribution in [2.24, 2.45) is 0 Å². The average Bonchev–Trinajstić information content (AvgIpc) is 3.17. The van der Waals surface area contributed by atoms with Gasteiger partial charge in [0.05, 0.1) is 39.8 Å². The number of quaternary nitrogens is 1. The third-order valence-corrected chi connectivity index (χ3v) is 5.67. The highest BCUT2D eigenvalue weighted by Crippen LogP contribution is 2.47. The number of methoxy groups -OCH3 is 2. The minimum absolute atomic E-state index is 0.0407. The summed E-state index contributed by atoms with van der Waals surface area (Å²) in [7, 11) is 5.42. The normalized spacial score (nSPS) is 19.8. The van der Waals surface area contributed by atoms with Gasteiger partial charge in [0.15, 0.2) is 11.5 Å². The van der Waals surface area contributed by atoms with Gasteiger partial charge in [0.2, 0.25) is 12.5 Å². The molecule has 0 saturated heterocycles. The van der Waals surface area contributed by atoms with E-state index >= 15 is 0 Å². The Balaban J connectivity index is 1.59. The molecule has 1 unspecified atom stereocenters. The van der Waals surface area contributed by atoms with Gasteiger partial charge in [-0.05, 0) is 29.3 Å². The van der Waals surface area contributed by atoms with Crippen LogP contribution in [0.2, 0.25) is 0 Å². The second-order valence-electron chi connectivity index (χ2n) is 7.38. The van der Waals surface area contributed by atoms with Crippen molar-refractivity contribution in [2.45, 2.75) is 25.3 Å². The van der Waals surface area contributed by atoms with Crippen LogP contribution in [0.1, 0.15) is 29.2 Å². The first-order valence-corrected chi connectivity index (χ1v) is 9.57. The minimum atomic E-state index is 0.0407. The predicted molar refractivity (Wildman–Crippen MR) is 104 cm³/mol. The Morgan fingerprint density at radius 3 is 2.68 bits per heavy atom. The molecule has 2 atom stereocenters. The van der Waals surface area contributed by atoms with E-state index in [0.29, 0.717) is 24.3 Å². The molecule has 6 heteroatoms. The van der Waals surface area contributed by atoms with Gasteiger partial charge in [0, 0.05) is 12.8 Å². The maximum atomic E-state index is 12.9. The van der Waals surface area contributed by atoms with Crippen LogP contribution < -0.4 is 23.8 Å². The first kappa shape index (κ1) is 18.6. The zero-order valence-electron chi connectivity index (χ0n) is 16.5. The standard InChI is InChI=1S/C22H25NO5/c1-23-9-8-15-11-19-21(28-13-27-19)22(26-3)20(15)18(23)12-16(24)10-14-4-6-17(25-2)7-5-14/h4-7,11,18H,8-10,12-13H2,1-3H3/p+1/t18-/m0/s1. The Hall–Kier alpha value is -2.73. The third kappa shape index (κ3) is 3.40.